The average molecular weight is 418 g/mol. The van der Waals surface area contributed by atoms with E-state index in [1.54, 1.807) is 0 Å². The molecule has 0 saturated heterocycles. The molecule has 0 amide bonds. The molecule has 0 radical (unpaired) electrons. The number of unbranched alkanes of at least 4 members (excludes halogenated alkanes) is 1. The molecule has 0 aliphatic carbocycles. The van der Waals surface area contributed by atoms with E-state index in [1.165, 1.54) is 0 Å². The molecule has 0 aliphatic heterocycles. The Morgan fingerprint density at radius 3 is 2.55 bits per heavy atom. The highest BCUT2D eigenvalue weighted by Gasteiger charge is 2.15. The standard InChI is InChI=1S/C23H27N7O/c1-4-5-8-18-15-29(16(2)3)23(31)30(18)14-17-11-12-21(24-13-17)19-9-6-7-10-20(19)22-25-27-28-26-22/h6-7,9-13,15-16H,4-5,8,14H2,1-3H3,(H,25,26,27,28). The number of rotatable bonds is 8. The third-order valence-corrected chi connectivity index (χ3v) is 5.38. The maximum atomic E-state index is 12.9. The van der Waals surface area contributed by atoms with Crippen molar-refractivity contribution in [1.29, 1.82) is 0 Å². The van der Waals surface area contributed by atoms with E-state index in [1.807, 2.05) is 71.8 Å². The summed E-state index contributed by atoms with van der Waals surface area (Å²) < 4.78 is 3.69. The summed E-state index contributed by atoms with van der Waals surface area (Å²) in [5, 5.41) is 14.3. The van der Waals surface area contributed by atoms with Crippen LogP contribution in [0, 0.1) is 0 Å². The molecule has 8 heteroatoms. The fourth-order valence-corrected chi connectivity index (χ4v) is 3.68. The van der Waals surface area contributed by atoms with Crippen LogP contribution < -0.4 is 5.69 Å². The maximum Gasteiger partial charge on any atom is 0.328 e. The first kappa shape index (κ1) is 20.7. The number of nitrogens with one attached hydrogen (secondary N) is 1. The summed E-state index contributed by atoms with van der Waals surface area (Å²) in [7, 11) is 0. The van der Waals surface area contributed by atoms with Crippen molar-refractivity contribution in [2.75, 3.05) is 0 Å². The minimum atomic E-state index is 0.0348. The third-order valence-electron chi connectivity index (χ3n) is 5.38. The molecular formula is C23H27N7O. The number of aryl methyl sites for hydroxylation is 1. The van der Waals surface area contributed by atoms with Gasteiger partial charge in [0.1, 0.15) is 0 Å². The number of hydrogen-bond donors (Lipinski definition) is 1. The molecule has 4 rings (SSSR count). The number of hydrogen-bond acceptors (Lipinski definition) is 5. The van der Waals surface area contributed by atoms with E-state index in [2.05, 4.69) is 32.5 Å². The average Bonchev–Trinajstić information content (AvgIpc) is 3.42. The van der Waals surface area contributed by atoms with Gasteiger partial charge in [0.05, 0.1) is 12.2 Å². The summed E-state index contributed by atoms with van der Waals surface area (Å²) in [4.78, 5) is 17.6. The van der Waals surface area contributed by atoms with Gasteiger partial charge in [-0.3, -0.25) is 14.1 Å². The molecule has 0 fully saturated rings. The molecule has 0 spiro atoms. The van der Waals surface area contributed by atoms with Gasteiger partial charge >= 0.3 is 5.69 Å². The van der Waals surface area contributed by atoms with Crippen molar-refractivity contribution in [2.24, 2.45) is 0 Å². The third kappa shape index (κ3) is 4.33. The molecule has 0 unspecified atom stereocenters. The Morgan fingerprint density at radius 2 is 1.90 bits per heavy atom. The molecule has 1 aromatic carbocycles. The predicted octanol–water partition coefficient (Wildman–Crippen LogP) is 3.86. The van der Waals surface area contributed by atoms with Crippen LogP contribution in [0.3, 0.4) is 0 Å². The van der Waals surface area contributed by atoms with Crippen LogP contribution in [0.4, 0.5) is 0 Å². The van der Waals surface area contributed by atoms with E-state index in [4.69, 9.17) is 0 Å². The normalized spacial score (nSPS) is 11.4. The minimum Gasteiger partial charge on any atom is -0.296 e. The number of aromatic nitrogens is 7. The van der Waals surface area contributed by atoms with Gasteiger partial charge in [0, 0.05) is 35.3 Å². The molecule has 31 heavy (non-hydrogen) atoms. The van der Waals surface area contributed by atoms with Crippen molar-refractivity contribution in [3.05, 3.63) is 70.5 Å². The van der Waals surface area contributed by atoms with Gasteiger partial charge < -0.3 is 0 Å². The number of imidazole rings is 1. The van der Waals surface area contributed by atoms with Crippen LogP contribution in [-0.2, 0) is 13.0 Å². The van der Waals surface area contributed by atoms with E-state index >= 15 is 0 Å². The van der Waals surface area contributed by atoms with Crippen LogP contribution in [0.2, 0.25) is 0 Å². The van der Waals surface area contributed by atoms with E-state index in [-0.39, 0.29) is 11.7 Å². The van der Waals surface area contributed by atoms with Gasteiger partial charge in [0.25, 0.3) is 0 Å². The van der Waals surface area contributed by atoms with Crippen molar-refractivity contribution in [2.45, 2.75) is 52.6 Å². The molecule has 0 aliphatic rings. The van der Waals surface area contributed by atoms with E-state index in [0.29, 0.717) is 12.4 Å². The number of nitrogens with zero attached hydrogens (tertiary/aromatic N) is 6. The molecule has 0 saturated carbocycles. The lowest BCUT2D eigenvalue weighted by Gasteiger charge is -2.09. The zero-order valence-electron chi connectivity index (χ0n) is 18.1. The Labute approximate surface area is 181 Å². The first-order valence-electron chi connectivity index (χ1n) is 10.7. The van der Waals surface area contributed by atoms with Crippen LogP contribution >= 0.6 is 0 Å². The second kappa shape index (κ2) is 9.07. The zero-order chi connectivity index (χ0) is 21.8. The quantitative estimate of drug-likeness (QED) is 0.470. The lowest BCUT2D eigenvalue weighted by molar-refractivity contribution is 0.560. The fourth-order valence-electron chi connectivity index (χ4n) is 3.68. The molecule has 4 aromatic rings. The van der Waals surface area contributed by atoms with E-state index in [0.717, 1.165) is 47.3 Å². The zero-order valence-corrected chi connectivity index (χ0v) is 18.1. The van der Waals surface area contributed by atoms with Gasteiger partial charge in [-0.15, -0.1) is 10.2 Å². The molecule has 160 valence electrons. The topological polar surface area (TPSA) is 94.3 Å². The summed E-state index contributed by atoms with van der Waals surface area (Å²) in [5.41, 5.74) is 4.72. The van der Waals surface area contributed by atoms with Crippen LogP contribution in [0.25, 0.3) is 22.6 Å². The summed E-state index contributed by atoms with van der Waals surface area (Å²) in [6.07, 6.45) is 6.90. The summed E-state index contributed by atoms with van der Waals surface area (Å²) >= 11 is 0. The largest absolute Gasteiger partial charge is 0.328 e. The van der Waals surface area contributed by atoms with E-state index < -0.39 is 0 Å². The van der Waals surface area contributed by atoms with Crippen molar-refractivity contribution in [1.82, 2.24) is 34.7 Å². The highest BCUT2D eigenvalue weighted by atomic mass is 16.1. The monoisotopic (exact) mass is 417 g/mol. The minimum absolute atomic E-state index is 0.0348. The van der Waals surface area contributed by atoms with Crippen LogP contribution in [0.5, 0.6) is 0 Å². The number of tetrazole rings is 1. The Balaban J connectivity index is 1.63. The lowest BCUT2D eigenvalue weighted by Crippen LogP contribution is -2.26. The summed E-state index contributed by atoms with van der Waals surface area (Å²) in [5.74, 6) is 0.531. The summed E-state index contributed by atoms with van der Waals surface area (Å²) in [6.45, 7) is 6.74. The van der Waals surface area contributed by atoms with E-state index in [9.17, 15) is 4.79 Å². The number of benzene rings is 1. The molecule has 0 atom stereocenters. The number of pyridine rings is 1. The molecule has 8 nitrogen and oxygen atoms in total. The lowest BCUT2D eigenvalue weighted by atomic mass is 10.0. The van der Waals surface area contributed by atoms with Crippen LogP contribution in [-0.4, -0.2) is 34.7 Å². The van der Waals surface area contributed by atoms with Gasteiger partial charge in [0.2, 0.25) is 5.82 Å². The second-order valence-corrected chi connectivity index (χ2v) is 7.93. The number of aromatic amines is 1. The van der Waals surface area contributed by atoms with Crippen molar-refractivity contribution in [3.8, 4) is 22.6 Å². The molecular weight excluding hydrogens is 390 g/mol. The van der Waals surface area contributed by atoms with Gasteiger partial charge in [-0.2, -0.15) is 5.21 Å². The van der Waals surface area contributed by atoms with Crippen LogP contribution in [0.1, 0.15) is 50.9 Å². The first-order valence-corrected chi connectivity index (χ1v) is 10.7. The Kier molecular flexibility index (Phi) is 6.06. The van der Waals surface area contributed by atoms with Crippen molar-refractivity contribution < 1.29 is 0 Å². The molecule has 0 bridgehead atoms. The first-order chi connectivity index (χ1) is 15.1. The Morgan fingerprint density at radius 1 is 1.10 bits per heavy atom. The molecule has 1 N–H and O–H groups in total. The molecule has 3 heterocycles. The summed E-state index contributed by atoms with van der Waals surface area (Å²) in [6, 6.07) is 12.0. The Hall–Kier alpha value is -3.55. The predicted molar refractivity (Wildman–Crippen MR) is 120 cm³/mol. The van der Waals surface area contributed by atoms with Gasteiger partial charge in [-0.05, 0) is 43.5 Å². The highest BCUT2D eigenvalue weighted by molar-refractivity contribution is 5.78. The van der Waals surface area contributed by atoms with Crippen LogP contribution in [0.15, 0.2) is 53.6 Å². The van der Waals surface area contributed by atoms with Crippen molar-refractivity contribution in [3.63, 3.8) is 0 Å². The van der Waals surface area contributed by atoms with Gasteiger partial charge in [0.15, 0.2) is 0 Å². The fraction of sp³-hybridized carbons (Fsp3) is 0.348. The SMILES string of the molecule is CCCCc1cn(C(C)C)c(=O)n1Cc1ccc(-c2ccccc2-c2nn[nH]n2)nc1. The number of H-pyrrole nitrogens is 1. The second-order valence-electron chi connectivity index (χ2n) is 7.93. The molecule has 3 aromatic heterocycles. The smallest absolute Gasteiger partial charge is 0.296 e. The van der Waals surface area contributed by atoms with Gasteiger partial charge in [-0.1, -0.05) is 43.7 Å². The van der Waals surface area contributed by atoms with Crippen molar-refractivity contribution >= 4 is 0 Å². The van der Waals surface area contributed by atoms with Gasteiger partial charge in [-0.25, -0.2) is 4.79 Å². The maximum absolute atomic E-state index is 12.9. The Bertz CT molecular complexity index is 1190. The highest BCUT2D eigenvalue weighted by Crippen LogP contribution is 2.28.